The molecule has 1 fully saturated rings. The number of carbonyl (C=O) groups is 4. The predicted octanol–water partition coefficient (Wildman–Crippen LogP) is 0.649. The van der Waals surface area contributed by atoms with Crippen LogP contribution in [0.5, 0.6) is 0 Å². The van der Waals surface area contributed by atoms with Gasteiger partial charge in [-0.1, -0.05) is 30.3 Å². The molecule has 3 N–H and O–H groups in total. The number of carbonyl (C=O) groups excluding carboxylic acids is 3. The summed E-state index contributed by atoms with van der Waals surface area (Å²) < 4.78 is 0. The van der Waals surface area contributed by atoms with Gasteiger partial charge in [0.05, 0.1) is 12.5 Å². The summed E-state index contributed by atoms with van der Waals surface area (Å²) in [5.74, 6) is -2.08. The third-order valence-electron chi connectivity index (χ3n) is 3.91. The number of hydrogen-bond acceptors (Lipinski definition) is 4. The quantitative estimate of drug-likeness (QED) is 0.661. The van der Waals surface area contributed by atoms with E-state index >= 15 is 0 Å². The van der Waals surface area contributed by atoms with Gasteiger partial charge in [-0.05, 0) is 19.4 Å². The summed E-state index contributed by atoms with van der Waals surface area (Å²) >= 11 is 0. The maximum atomic E-state index is 12.3. The van der Waals surface area contributed by atoms with Gasteiger partial charge in [0, 0.05) is 0 Å². The number of carboxylic acids is 1. The number of amides is 4. The molecule has 1 aliphatic rings. The molecule has 24 heavy (non-hydrogen) atoms. The maximum absolute atomic E-state index is 12.3. The van der Waals surface area contributed by atoms with Crippen molar-refractivity contribution in [2.24, 2.45) is 0 Å². The van der Waals surface area contributed by atoms with Crippen LogP contribution in [0.25, 0.3) is 0 Å². The first-order valence-corrected chi connectivity index (χ1v) is 7.41. The van der Waals surface area contributed by atoms with Crippen molar-refractivity contribution in [2.45, 2.75) is 31.8 Å². The Morgan fingerprint density at radius 1 is 1.25 bits per heavy atom. The number of aliphatic carboxylic acids is 1. The number of nitrogens with zero attached hydrogens (tertiary/aromatic N) is 1. The van der Waals surface area contributed by atoms with Gasteiger partial charge in [-0.3, -0.25) is 19.7 Å². The largest absolute Gasteiger partial charge is 0.481 e. The molecule has 0 aromatic heterocycles. The van der Waals surface area contributed by atoms with Crippen molar-refractivity contribution in [3.8, 4) is 0 Å². The van der Waals surface area contributed by atoms with Gasteiger partial charge in [0.25, 0.3) is 5.91 Å². The first-order chi connectivity index (χ1) is 11.2. The van der Waals surface area contributed by atoms with Crippen LogP contribution in [0.4, 0.5) is 4.79 Å². The fourth-order valence-electron chi connectivity index (χ4n) is 2.46. The zero-order valence-corrected chi connectivity index (χ0v) is 13.4. The molecule has 0 bridgehead atoms. The summed E-state index contributed by atoms with van der Waals surface area (Å²) in [5, 5.41) is 13.8. The van der Waals surface area contributed by atoms with E-state index in [2.05, 4.69) is 10.6 Å². The number of hydrogen-bond donors (Lipinski definition) is 3. The van der Waals surface area contributed by atoms with Crippen LogP contribution in [-0.2, 0) is 14.4 Å². The summed E-state index contributed by atoms with van der Waals surface area (Å²) in [6.07, 6.45) is -0.287. The summed E-state index contributed by atoms with van der Waals surface area (Å²) in [4.78, 5) is 47.9. The summed E-state index contributed by atoms with van der Waals surface area (Å²) in [5.41, 5.74) is -0.488. The van der Waals surface area contributed by atoms with Crippen LogP contribution in [-0.4, -0.2) is 45.9 Å². The average Bonchev–Trinajstić information content (AvgIpc) is 2.69. The van der Waals surface area contributed by atoms with Crippen LogP contribution < -0.4 is 10.6 Å². The van der Waals surface area contributed by atoms with Crippen molar-refractivity contribution in [3.05, 3.63) is 35.9 Å². The Kier molecular flexibility index (Phi) is 4.87. The molecule has 128 valence electrons. The average molecular weight is 333 g/mol. The molecule has 8 heteroatoms. The Bertz CT molecular complexity index is 672. The molecule has 1 heterocycles. The van der Waals surface area contributed by atoms with Crippen LogP contribution >= 0.6 is 0 Å². The second-order valence-electron chi connectivity index (χ2n) is 6.03. The zero-order chi connectivity index (χ0) is 17.9. The second kappa shape index (κ2) is 6.69. The van der Waals surface area contributed by atoms with E-state index in [9.17, 15) is 19.2 Å². The standard InChI is InChI=1S/C16H19N3O5/c1-16(2)14(23)18-15(24)19(16)9-12(20)17-11(8-13(21)22)10-6-4-3-5-7-10/h3-7,11H,8-9H2,1-2H3,(H,17,20)(H,21,22)(H,18,23,24). The highest BCUT2D eigenvalue weighted by molar-refractivity contribution is 6.07. The van der Waals surface area contributed by atoms with Gasteiger partial charge >= 0.3 is 12.0 Å². The molecule has 0 saturated carbocycles. The lowest BCUT2D eigenvalue weighted by atomic mass is 10.0. The topological polar surface area (TPSA) is 116 Å². The van der Waals surface area contributed by atoms with Crippen LogP contribution in [0, 0.1) is 0 Å². The first kappa shape index (κ1) is 17.5. The van der Waals surface area contributed by atoms with Gasteiger partial charge in [-0.15, -0.1) is 0 Å². The Morgan fingerprint density at radius 3 is 2.38 bits per heavy atom. The Morgan fingerprint density at radius 2 is 1.88 bits per heavy atom. The Balaban J connectivity index is 2.10. The van der Waals surface area contributed by atoms with Crippen LogP contribution in [0.2, 0.25) is 0 Å². The van der Waals surface area contributed by atoms with Crippen LogP contribution in [0.3, 0.4) is 0 Å². The zero-order valence-electron chi connectivity index (χ0n) is 13.4. The van der Waals surface area contributed by atoms with E-state index in [1.165, 1.54) is 13.8 Å². The lowest BCUT2D eigenvalue weighted by molar-refractivity contribution is -0.137. The molecule has 1 atom stereocenters. The van der Waals surface area contributed by atoms with Gasteiger partial charge in [0.2, 0.25) is 5.91 Å². The molecule has 0 spiro atoms. The predicted molar refractivity (Wildman–Crippen MR) is 83.9 cm³/mol. The van der Waals surface area contributed by atoms with E-state index in [0.29, 0.717) is 5.56 Å². The van der Waals surface area contributed by atoms with Crippen molar-refractivity contribution in [1.82, 2.24) is 15.5 Å². The lowest BCUT2D eigenvalue weighted by Crippen LogP contribution is -2.49. The minimum absolute atomic E-state index is 0.287. The summed E-state index contributed by atoms with van der Waals surface area (Å²) in [6, 6.07) is 7.33. The highest BCUT2D eigenvalue weighted by atomic mass is 16.4. The van der Waals surface area contributed by atoms with Gasteiger partial charge in [-0.2, -0.15) is 0 Å². The fraction of sp³-hybridized carbons (Fsp3) is 0.375. The minimum atomic E-state index is -1.14. The number of urea groups is 1. The van der Waals surface area contributed by atoms with E-state index in [1.807, 2.05) is 0 Å². The molecular formula is C16H19N3O5. The summed E-state index contributed by atoms with van der Waals surface area (Å²) in [7, 11) is 0. The molecule has 1 unspecified atom stereocenters. The molecule has 0 aliphatic carbocycles. The maximum Gasteiger partial charge on any atom is 0.325 e. The monoisotopic (exact) mass is 333 g/mol. The van der Waals surface area contributed by atoms with E-state index < -0.39 is 35.4 Å². The Hall–Kier alpha value is -2.90. The van der Waals surface area contributed by atoms with Crippen molar-refractivity contribution < 1.29 is 24.3 Å². The minimum Gasteiger partial charge on any atom is -0.481 e. The third kappa shape index (κ3) is 3.70. The SMILES string of the molecule is CC1(C)C(=O)NC(=O)N1CC(=O)NC(CC(=O)O)c1ccccc1. The number of benzene rings is 1. The molecule has 1 aromatic carbocycles. The molecule has 1 saturated heterocycles. The van der Waals surface area contributed by atoms with E-state index in [4.69, 9.17) is 5.11 Å². The third-order valence-corrected chi connectivity index (χ3v) is 3.91. The number of nitrogens with one attached hydrogen (secondary N) is 2. The van der Waals surface area contributed by atoms with Crippen molar-refractivity contribution in [1.29, 1.82) is 0 Å². The van der Waals surface area contributed by atoms with Gasteiger partial charge < -0.3 is 15.3 Å². The van der Waals surface area contributed by atoms with Crippen LogP contribution in [0.1, 0.15) is 31.9 Å². The molecule has 2 rings (SSSR count). The van der Waals surface area contributed by atoms with Crippen molar-refractivity contribution >= 4 is 23.8 Å². The number of carboxylic acid groups (broad SMARTS) is 1. The van der Waals surface area contributed by atoms with Gasteiger partial charge in [0.1, 0.15) is 12.1 Å². The normalized spacial score (nSPS) is 17.3. The smallest absolute Gasteiger partial charge is 0.325 e. The van der Waals surface area contributed by atoms with E-state index in [-0.39, 0.29) is 13.0 Å². The molecule has 8 nitrogen and oxygen atoms in total. The second-order valence-corrected chi connectivity index (χ2v) is 6.03. The van der Waals surface area contributed by atoms with Gasteiger partial charge in [0.15, 0.2) is 0 Å². The highest BCUT2D eigenvalue weighted by Gasteiger charge is 2.46. The van der Waals surface area contributed by atoms with Crippen LogP contribution in [0.15, 0.2) is 30.3 Å². The first-order valence-electron chi connectivity index (χ1n) is 7.41. The van der Waals surface area contributed by atoms with Crippen molar-refractivity contribution in [2.75, 3.05) is 6.54 Å². The summed E-state index contributed by atoms with van der Waals surface area (Å²) in [6.45, 7) is 2.73. The van der Waals surface area contributed by atoms with Crippen molar-refractivity contribution in [3.63, 3.8) is 0 Å². The number of rotatable bonds is 6. The highest BCUT2D eigenvalue weighted by Crippen LogP contribution is 2.21. The molecule has 4 amide bonds. The number of imide groups is 1. The molecule has 0 radical (unpaired) electrons. The molecule has 1 aliphatic heterocycles. The van der Waals surface area contributed by atoms with E-state index in [1.54, 1.807) is 30.3 Å². The molecular weight excluding hydrogens is 314 g/mol. The van der Waals surface area contributed by atoms with E-state index in [0.717, 1.165) is 4.90 Å². The fourth-order valence-corrected chi connectivity index (χ4v) is 2.46. The molecule has 1 aromatic rings. The van der Waals surface area contributed by atoms with Gasteiger partial charge in [-0.25, -0.2) is 4.79 Å². The lowest BCUT2D eigenvalue weighted by Gasteiger charge is -2.28. The Labute approximate surface area is 138 Å².